The van der Waals surface area contributed by atoms with E-state index in [1.165, 1.54) is 24.8 Å². The third-order valence-corrected chi connectivity index (χ3v) is 3.69. The van der Waals surface area contributed by atoms with E-state index in [2.05, 4.69) is 34.5 Å². The van der Waals surface area contributed by atoms with Crippen LogP contribution >= 0.6 is 22.6 Å². The predicted octanol–water partition coefficient (Wildman–Crippen LogP) is 2.93. The van der Waals surface area contributed by atoms with E-state index in [1.54, 1.807) is 0 Å². The number of pyridine rings is 1. The van der Waals surface area contributed by atoms with Gasteiger partial charge < -0.3 is 4.74 Å². The summed E-state index contributed by atoms with van der Waals surface area (Å²) in [6, 6.07) is 2.01. The van der Waals surface area contributed by atoms with Crippen molar-refractivity contribution in [2.75, 3.05) is 0 Å². The molecule has 1 fully saturated rings. The summed E-state index contributed by atoms with van der Waals surface area (Å²) in [6.45, 7) is 2.08. The zero-order chi connectivity index (χ0) is 9.26. The van der Waals surface area contributed by atoms with Gasteiger partial charge >= 0.3 is 0 Å². The molecule has 1 heterocycles. The van der Waals surface area contributed by atoms with E-state index in [1.807, 2.05) is 12.3 Å². The van der Waals surface area contributed by atoms with Crippen molar-refractivity contribution < 1.29 is 4.74 Å². The minimum Gasteiger partial charge on any atom is -0.474 e. The second kappa shape index (κ2) is 3.82. The first-order valence-electron chi connectivity index (χ1n) is 4.55. The van der Waals surface area contributed by atoms with Gasteiger partial charge in [-0.2, -0.15) is 0 Å². The molecule has 0 atom stereocenters. The van der Waals surface area contributed by atoms with Crippen molar-refractivity contribution in [1.29, 1.82) is 0 Å². The maximum absolute atomic E-state index is 5.74. The minimum atomic E-state index is 0.419. The highest BCUT2D eigenvalue weighted by Crippen LogP contribution is 2.27. The molecule has 0 unspecified atom stereocenters. The number of hydrogen-bond acceptors (Lipinski definition) is 2. The Balaban J connectivity index is 2.14. The normalized spacial score (nSPS) is 16.8. The molecule has 0 spiro atoms. The number of halogens is 1. The molecule has 0 amide bonds. The third-order valence-electron chi connectivity index (χ3n) is 2.38. The van der Waals surface area contributed by atoms with Crippen LogP contribution in [0.1, 0.15) is 24.8 Å². The first-order chi connectivity index (χ1) is 6.27. The number of nitrogens with zero attached hydrogens (tertiary/aromatic N) is 1. The molecule has 0 radical (unpaired) electrons. The molecule has 3 heteroatoms. The lowest BCUT2D eigenvalue weighted by Gasteiger charge is -2.26. The molecule has 1 aliphatic rings. The Labute approximate surface area is 91.8 Å². The Hall–Kier alpha value is -0.320. The molecular formula is C10H12INO. The van der Waals surface area contributed by atoms with E-state index in [-0.39, 0.29) is 0 Å². The summed E-state index contributed by atoms with van der Waals surface area (Å²) in [5.41, 5.74) is 1.24. The molecule has 2 rings (SSSR count). The van der Waals surface area contributed by atoms with Crippen molar-refractivity contribution in [3.8, 4) is 5.88 Å². The van der Waals surface area contributed by atoms with Gasteiger partial charge in [0.15, 0.2) is 0 Å². The van der Waals surface area contributed by atoms with Gasteiger partial charge in [0.1, 0.15) is 6.10 Å². The van der Waals surface area contributed by atoms with Gasteiger partial charge in [0.05, 0.1) is 3.57 Å². The average molecular weight is 289 g/mol. The maximum Gasteiger partial charge on any atom is 0.227 e. The lowest BCUT2D eigenvalue weighted by Crippen LogP contribution is -2.25. The van der Waals surface area contributed by atoms with E-state index >= 15 is 0 Å². The van der Waals surface area contributed by atoms with Gasteiger partial charge in [0.2, 0.25) is 5.88 Å². The summed E-state index contributed by atoms with van der Waals surface area (Å²) < 4.78 is 6.89. The van der Waals surface area contributed by atoms with Crippen LogP contribution in [0, 0.1) is 10.5 Å². The number of ether oxygens (including phenoxy) is 1. The van der Waals surface area contributed by atoms with Crippen molar-refractivity contribution in [1.82, 2.24) is 4.98 Å². The van der Waals surface area contributed by atoms with Crippen LogP contribution in [0.15, 0.2) is 12.3 Å². The molecular weight excluding hydrogens is 277 g/mol. The van der Waals surface area contributed by atoms with Crippen LogP contribution in [0.25, 0.3) is 0 Å². The van der Waals surface area contributed by atoms with Crippen molar-refractivity contribution in [3.63, 3.8) is 0 Å². The molecule has 70 valence electrons. The summed E-state index contributed by atoms with van der Waals surface area (Å²) in [7, 11) is 0. The Morgan fingerprint density at radius 1 is 1.54 bits per heavy atom. The molecule has 1 aliphatic carbocycles. The Kier molecular flexibility index (Phi) is 2.71. The van der Waals surface area contributed by atoms with Crippen LogP contribution in [0.3, 0.4) is 0 Å². The molecule has 2 nitrogen and oxygen atoms in total. The van der Waals surface area contributed by atoms with Gasteiger partial charge in [-0.25, -0.2) is 4.98 Å². The van der Waals surface area contributed by atoms with Crippen LogP contribution in [-0.2, 0) is 0 Å². The Morgan fingerprint density at radius 3 is 2.92 bits per heavy atom. The monoisotopic (exact) mass is 289 g/mol. The third kappa shape index (κ3) is 1.95. The van der Waals surface area contributed by atoms with Gasteiger partial charge in [0.25, 0.3) is 0 Å². The first-order valence-corrected chi connectivity index (χ1v) is 5.63. The summed E-state index contributed by atoms with van der Waals surface area (Å²) in [5.74, 6) is 0.810. The van der Waals surface area contributed by atoms with Gasteiger partial charge in [-0.3, -0.25) is 0 Å². The van der Waals surface area contributed by atoms with E-state index < -0.39 is 0 Å². The molecule has 0 aromatic carbocycles. The predicted molar refractivity (Wildman–Crippen MR) is 60.0 cm³/mol. The largest absolute Gasteiger partial charge is 0.474 e. The number of rotatable bonds is 2. The number of aromatic nitrogens is 1. The number of hydrogen-bond donors (Lipinski definition) is 0. The molecule has 0 bridgehead atoms. The molecule has 0 N–H and O–H groups in total. The van der Waals surface area contributed by atoms with Gasteiger partial charge in [-0.15, -0.1) is 0 Å². The highest BCUT2D eigenvalue weighted by molar-refractivity contribution is 14.1. The highest BCUT2D eigenvalue weighted by atomic mass is 127. The first kappa shape index (κ1) is 9.24. The molecule has 0 aliphatic heterocycles. The average Bonchev–Trinajstić information content (AvgIpc) is 2.04. The van der Waals surface area contributed by atoms with Crippen LogP contribution in [0.2, 0.25) is 0 Å². The summed E-state index contributed by atoms with van der Waals surface area (Å²) in [5, 5.41) is 0. The fourth-order valence-electron chi connectivity index (χ4n) is 1.24. The topological polar surface area (TPSA) is 22.1 Å². The van der Waals surface area contributed by atoms with Crippen LogP contribution in [0.5, 0.6) is 5.88 Å². The lowest BCUT2D eigenvalue weighted by atomic mass is 9.96. The van der Waals surface area contributed by atoms with Crippen molar-refractivity contribution in [3.05, 3.63) is 21.4 Å². The fourth-order valence-corrected chi connectivity index (χ4v) is 1.69. The standard InChI is InChI=1S/C10H12INO/c1-7-5-6-12-10(9(7)11)13-8-3-2-4-8/h5-6,8H,2-4H2,1H3. The van der Waals surface area contributed by atoms with Crippen LogP contribution in [0.4, 0.5) is 0 Å². The lowest BCUT2D eigenvalue weighted by molar-refractivity contribution is 0.113. The van der Waals surface area contributed by atoms with Crippen molar-refractivity contribution in [2.24, 2.45) is 0 Å². The number of aryl methyl sites for hydroxylation is 1. The Morgan fingerprint density at radius 2 is 2.31 bits per heavy atom. The highest BCUT2D eigenvalue weighted by Gasteiger charge is 2.20. The van der Waals surface area contributed by atoms with Gasteiger partial charge in [0, 0.05) is 6.20 Å². The smallest absolute Gasteiger partial charge is 0.227 e. The van der Waals surface area contributed by atoms with E-state index in [0.717, 1.165) is 9.45 Å². The summed E-state index contributed by atoms with van der Waals surface area (Å²) in [4.78, 5) is 4.23. The van der Waals surface area contributed by atoms with E-state index in [4.69, 9.17) is 4.74 Å². The molecule has 13 heavy (non-hydrogen) atoms. The molecule has 1 aromatic heterocycles. The van der Waals surface area contributed by atoms with Crippen LogP contribution < -0.4 is 4.74 Å². The zero-order valence-corrected chi connectivity index (χ0v) is 9.74. The molecule has 1 saturated carbocycles. The quantitative estimate of drug-likeness (QED) is 0.781. The summed E-state index contributed by atoms with van der Waals surface area (Å²) in [6.07, 6.45) is 5.90. The molecule has 1 aromatic rings. The second-order valence-corrected chi connectivity index (χ2v) is 4.50. The summed E-state index contributed by atoms with van der Waals surface area (Å²) >= 11 is 2.29. The molecule has 0 saturated heterocycles. The van der Waals surface area contributed by atoms with Crippen molar-refractivity contribution >= 4 is 22.6 Å². The SMILES string of the molecule is Cc1ccnc(OC2CCC2)c1I. The maximum atomic E-state index is 5.74. The van der Waals surface area contributed by atoms with Crippen LogP contribution in [-0.4, -0.2) is 11.1 Å². The van der Waals surface area contributed by atoms with Gasteiger partial charge in [-0.1, -0.05) is 0 Å². The van der Waals surface area contributed by atoms with E-state index in [0.29, 0.717) is 6.10 Å². The van der Waals surface area contributed by atoms with Gasteiger partial charge in [-0.05, 0) is 60.4 Å². The fraction of sp³-hybridized carbons (Fsp3) is 0.500. The minimum absolute atomic E-state index is 0.419. The zero-order valence-electron chi connectivity index (χ0n) is 7.59. The second-order valence-electron chi connectivity index (χ2n) is 3.42. The Bertz CT molecular complexity index is 310. The van der Waals surface area contributed by atoms with Crippen molar-refractivity contribution in [2.45, 2.75) is 32.3 Å². The van der Waals surface area contributed by atoms with E-state index in [9.17, 15) is 0 Å².